The summed E-state index contributed by atoms with van der Waals surface area (Å²) in [7, 11) is 1.77. The number of thiophene rings is 1. The SMILES string of the molecule is COCCN1CCOc2cc3c(c(-c4cccs4)c21)CCNCC3.O=C(O)/C=C/C(=O)O. The lowest BCUT2D eigenvalue weighted by Crippen LogP contribution is -2.36. The highest BCUT2D eigenvalue weighted by Crippen LogP contribution is 2.46. The lowest BCUT2D eigenvalue weighted by atomic mass is 9.92. The number of ether oxygens (including phenoxy) is 2. The quantitative estimate of drug-likeness (QED) is 0.565. The highest BCUT2D eigenvalue weighted by molar-refractivity contribution is 7.13. The second-order valence-corrected chi connectivity index (χ2v) is 8.25. The Labute approximate surface area is 191 Å². The van der Waals surface area contributed by atoms with Crippen LogP contribution in [0.25, 0.3) is 10.4 Å². The predicted molar refractivity (Wildman–Crippen MR) is 124 cm³/mol. The minimum absolute atomic E-state index is 0.558. The van der Waals surface area contributed by atoms with Crippen LogP contribution in [0.5, 0.6) is 5.75 Å². The largest absolute Gasteiger partial charge is 0.490 e. The summed E-state index contributed by atoms with van der Waals surface area (Å²) in [4.78, 5) is 22.9. The fourth-order valence-corrected chi connectivity index (χ4v) is 4.66. The molecule has 0 saturated carbocycles. The molecular formula is C23H28N2O6S. The normalized spacial score (nSPS) is 15.1. The summed E-state index contributed by atoms with van der Waals surface area (Å²) in [5.74, 6) is -1.47. The molecule has 2 aliphatic heterocycles. The first kappa shape index (κ1) is 23.8. The minimum atomic E-state index is -1.26. The van der Waals surface area contributed by atoms with Gasteiger partial charge in [0.05, 0.1) is 18.8 Å². The van der Waals surface area contributed by atoms with Gasteiger partial charge < -0.3 is 29.9 Å². The average molecular weight is 461 g/mol. The molecule has 0 amide bonds. The van der Waals surface area contributed by atoms with Gasteiger partial charge in [-0.25, -0.2) is 9.59 Å². The summed E-state index contributed by atoms with van der Waals surface area (Å²) < 4.78 is 11.4. The van der Waals surface area contributed by atoms with Crippen molar-refractivity contribution in [2.75, 3.05) is 51.4 Å². The highest BCUT2D eigenvalue weighted by atomic mass is 32.1. The van der Waals surface area contributed by atoms with Gasteiger partial charge in [-0.3, -0.25) is 0 Å². The Morgan fingerprint density at radius 2 is 2.00 bits per heavy atom. The molecular weight excluding hydrogens is 432 g/mol. The lowest BCUT2D eigenvalue weighted by Gasteiger charge is -2.34. The number of carboxylic acids is 2. The molecule has 1 aromatic carbocycles. The van der Waals surface area contributed by atoms with Gasteiger partial charge in [-0.2, -0.15) is 0 Å². The maximum Gasteiger partial charge on any atom is 0.328 e. The highest BCUT2D eigenvalue weighted by Gasteiger charge is 2.27. The van der Waals surface area contributed by atoms with Crippen LogP contribution in [0.2, 0.25) is 0 Å². The van der Waals surface area contributed by atoms with Gasteiger partial charge in [-0.05, 0) is 54.6 Å². The van der Waals surface area contributed by atoms with Crippen molar-refractivity contribution in [1.29, 1.82) is 0 Å². The summed E-state index contributed by atoms with van der Waals surface area (Å²) in [6.07, 6.45) is 3.26. The molecule has 2 aromatic rings. The van der Waals surface area contributed by atoms with Crippen molar-refractivity contribution < 1.29 is 29.3 Å². The van der Waals surface area contributed by atoms with Crippen LogP contribution in [-0.2, 0) is 27.2 Å². The standard InChI is InChI=1S/C19H24N2O2S.C4H4O4/c1-22-10-8-21-9-11-23-16-13-14-4-6-20-7-5-15(14)18(19(16)21)17-3-2-12-24-17;5-3(6)1-2-4(7)8/h2-3,12-13,20H,4-11H2,1H3;1-2H,(H,5,6)(H,7,8)/b;2-1+. The number of nitrogens with zero attached hydrogens (tertiary/aromatic N) is 1. The van der Waals surface area contributed by atoms with Crippen LogP contribution in [0.1, 0.15) is 11.1 Å². The van der Waals surface area contributed by atoms with Crippen molar-refractivity contribution in [3.63, 3.8) is 0 Å². The molecule has 0 spiro atoms. The first-order valence-electron chi connectivity index (χ1n) is 10.4. The van der Waals surface area contributed by atoms with Gasteiger partial charge >= 0.3 is 11.9 Å². The molecule has 0 atom stereocenters. The molecule has 0 saturated heterocycles. The Morgan fingerprint density at radius 1 is 1.25 bits per heavy atom. The van der Waals surface area contributed by atoms with Gasteiger partial charge in [0.1, 0.15) is 12.4 Å². The third-order valence-corrected chi connectivity index (χ3v) is 6.11. The maximum absolute atomic E-state index is 9.55. The van der Waals surface area contributed by atoms with E-state index in [1.807, 2.05) is 11.3 Å². The molecule has 0 radical (unpaired) electrons. The zero-order chi connectivity index (χ0) is 22.9. The van der Waals surface area contributed by atoms with E-state index in [1.54, 1.807) is 7.11 Å². The van der Waals surface area contributed by atoms with E-state index in [-0.39, 0.29) is 0 Å². The summed E-state index contributed by atoms with van der Waals surface area (Å²) in [5, 5.41) is 21.3. The second kappa shape index (κ2) is 11.7. The molecule has 1 aromatic heterocycles. The van der Waals surface area contributed by atoms with Crippen LogP contribution in [0.15, 0.2) is 35.7 Å². The Bertz CT molecular complexity index is 942. The topological polar surface area (TPSA) is 108 Å². The predicted octanol–water partition coefficient (Wildman–Crippen LogP) is 2.66. The number of methoxy groups -OCH3 is 1. The Kier molecular flexibility index (Phi) is 8.66. The lowest BCUT2D eigenvalue weighted by molar-refractivity contribution is -0.134. The van der Waals surface area contributed by atoms with Crippen LogP contribution in [0.3, 0.4) is 0 Å². The van der Waals surface area contributed by atoms with Gasteiger partial charge in [0.25, 0.3) is 0 Å². The van der Waals surface area contributed by atoms with E-state index in [0.717, 1.165) is 58.0 Å². The molecule has 0 aliphatic carbocycles. The first-order valence-corrected chi connectivity index (χ1v) is 11.3. The minimum Gasteiger partial charge on any atom is -0.490 e. The molecule has 8 nitrogen and oxygen atoms in total. The van der Waals surface area contributed by atoms with E-state index in [0.29, 0.717) is 12.2 Å². The number of nitrogens with one attached hydrogen (secondary N) is 1. The van der Waals surface area contributed by atoms with Gasteiger partial charge in [-0.15, -0.1) is 11.3 Å². The van der Waals surface area contributed by atoms with Crippen molar-refractivity contribution >= 4 is 29.0 Å². The van der Waals surface area contributed by atoms with Crippen LogP contribution in [0.4, 0.5) is 5.69 Å². The summed E-state index contributed by atoms with van der Waals surface area (Å²) in [6.45, 7) is 5.40. The Hall–Kier alpha value is -2.88. The molecule has 2 aliphatic rings. The van der Waals surface area contributed by atoms with E-state index in [1.165, 1.54) is 27.3 Å². The van der Waals surface area contributed by atoms with Crippen molar-refractivity contribution in [1.82, 2.24) is 5.32 Å². The first-order chi connectivity index (χ1) is 15.5. The second-order valence-electron chi connectivity index (χ2n) is 7.30. The van der Waals surface area contributed by atoms with Gasteiger partial charge in [0.15, 0.2) is 0 Å². The van der Waals surface area contributed by atoms with E-state index in [2.05, 4.69) is 33.8 Å². The summed E-state index contributed by atoms with van der Waals surface area (Å²) in [5.41, 5.74) is 5.59. The molecule has 0 fully saturated rings. The summed E-state index contributed by atoms with van der Waals surface area (Å²) in [6, 6.07) is 6.67. The number of aliphatic carboxylic acids is 2. The number of fused-ring (bicyclic) bond motifs is 2. The zero-order valence-electron chi connectivity index (χ0n) is 18.0. The fraction of sp³-hybridized carbons (Fsp3) is 0.391. The molecule has 3 N–H and O–H groups in total. The van der Waals surface area contributed by atoms with Crippen molar-refractivity contribution in [2.45, 2.75) is 12.8 Å². The third-order valence-electron chi connectivity index (χ3n) is 5.22. The molecule has 9 heteroatoms. The van der Waals surface area contributed by atoms with E-state index < -0.39 is 11.9 Å². The number of hydrogen-bond acceptors (Lipinski definition) is 7. The van der Waals surface area contributed by atoms with E-state index >= 15 is 0 Å². The number of carboxylic acid groups (broad SMARTS) is 2. The fourth-order valence-electron chi connectivity index (χ4n) is 3.87. The number of anilines is 1. The Morgan fingerprint density at radius 3 is 2.66 bits per heavy atom. The molecule has 4 rings (SSSR count). The molecule has 3 heterocycles. The van der Waals surface area contributed by atoms with Gasteiger partial charge in [0.2, 0.25) is 0 Å². The van der Waals surface area contributed by atoms with Crippen molar-refractivity contribution in [3.05, 3.63) is 46.9 Å². The Balaban J connectivity index is 0.000000312. The van der Waals surface area contributed by atoms with Crippen LogP contribution < -0.4 is 15.0 Å². The number of carbonyl (C=O) groups is 2. The zero-order valence-corrected chi connectivity index (χ0v) is 18.8. The average Bonchev–Trinajstić information content (AvgIpc) is 3.20. The van der Waals surface area contributed by atoms with E-state index in [9.17, 15) is 9.59 Å². The van der Waals surface area contributed by atoms with Gasteiger partial charge in [0, 0.05) is 36.2 Å². The van der Waals surface area contributed by atoms with Gasteiger partial charge in [-0.1, -0.05) is 6.07 Å². The monoisotopic (exact) mass is 460 g/mol. The molecule has 32 heavy (non-hydrogen) atoms. The molecule has 172 valence electrons. The van der Waals surface area contributed by atoms with Crippen LogP contribution in [0, 0.1) is 0 Å². The molecule has 0 unspecified atom stereocenters. The van der Waals surface area contributed by atoms with Crippen molar-refractivity contribution in [3.8, 4) is 16.2 Å². The van der Waals surface area contributed by atoms with Crippen molar-refractivity contribution in [2.24, 2.45) is 0 Å². The smallest absolute Gasteiger partial charge is 0.328 e. The van der Waals surface area contributed by atoms with E-state index in [4.69, 9.17) is 19.7 Å². The number of hydrogen-bond donors (Lipinski definition) is 3. The molecule has 0 bridgehead atoms. The number of benzene rings is 1. The summed E-state index contributed by atoms with van der Waals surface area (Å²) >= 11 is 1.82. The maximum atomic E-state index is 9.55. The van der Waals surface area contributed by atoms with Crippen LogP contribution in [-0.4, -0.2) is 68.7 Å². The van der Waals surface area contributed by atoms with Crippen LogP contribution >= 0.6 is 11.3 Å². The third kappa shape index (κ3) is 6.09. The number of rotatable bonds is 6.